The third kappa shape index (κ3) is 3.74. The van der Waals surface area contributed by atoms with Gasteiger partial charge in [-0.2, -0.15) is 0 Å². The molecular formula is C17H25F3NO5PS. The van der Waals surface area contributed by atoms with Gasteiger partial charge in [0.25, 0.3) is 0 Å². The van der Waals surface area contributed by atoms with Gasteiger partial charge in [0.15, 0.2) is 0 Å². The van der Waals surface area contributed by atoms with E-state index >= 15 is 0 Å². The minimum absolute atomic E-state index is 0.0204. The molecule has 1 aliphatic heterocycles. The summed E-state index contributed by atoms with van der Waals surface area (Å²) in [4.78, 5) is 25.8. The molecule has 0 aliphatic carbocycles. The van der Waals surface area contributed by atoms with E-state index in [2.05, 4.69) is 4.18 Å². The second kappa shape index (κ2) is 6.57. The minimum atomic E-state index is -5.93. The fraction of sp³-hybridized carbons (Fsp3) is 0.588. The zero-order valence-corrected chi connectivity index (χ0v) is 18.3. The van der Waals surface area contributed by atoms with Crippen LogP contribution in [0, 0.1) is 5.41 Å². The number of anilines is 1. The van der Waals surface area contributed by atoms with E-state index in [4.69, 9.17) is 0 Å². The number of alkyl halides is 3. The van der Waals surface area contributed by atoms with Crippen LogP contribution in [0.4, 0.5) is 18.9 Å². The zero-order valence-electron chi connectivity index (χ0n) is 16.5. The van der Waals surface area contributed by atoms with Gasteiger partial charge in [-0.25, -0.2) is 0 Å². The van der Waals surface area contributed by atoms with Crippen LogP contribution in [-0.2, 0) is 14.9 Å². The van der Waals surface area contributed by atoms with Gasteiger partial charge in [0.1, 0.15) is 0 Å². The Morgan fingerprint density at radius 1 is 1.14 bits per heavy atom. The van der Waals surface area contributed by atoms with Crippen molar-refractivity contribution < 1.29 is 35.5 Å². The second-order valence-electron chi connectivity index (χ2n) is 8.89. The zero-order chi connectivity index (χ0) is 21.9. The molecule has 1 heterocycles. The summed E-state index contributed by atoms with van der Waals surface area (Å²) in [6, 6.07) is 3.84. The Morgan fingerprint density at radius 2 is 1.68 bits per heavy atom. The monoisotopic (exact) mass is 443 g/mol. The second-order valence-corrected chi connectivity index (χ2v) is 14.5. The molecule has 1 N–H and O–H groups in total. The van der Waals surface area contributed by atoms with Crippen LogP contribution >= 0.6 is 7.49 Å². The number of nitrogens with zero attached hydrogens (tertiary/aromatic N) is 1. The van der Waals surface area contributed by atoms with Crippen molar-refractivity contribution in [3.05, 3.63) is 18.2 Å². The van der Waals surface area contributed by atoms with Crippen molar-refractivity contribution in [1.29, 1.82) is 0 Å². The molecule has 0 radical (unpaired) electrons. The molecular weight excluding hydrogens is 418 g/mol. The predicted octanol–water partition coefficient (Wildman–Crippen LogP) is 3.35. The van der Waals surface area contributed by atoms with Gasteiger partial charge in [0.05, 0.1) is 0 Å². The summed E-state index contributed by atoms with van der Waals surface area (Å²) in [6.45, 7) is 10.1. The first kappa shape index (κ1) is 22.9. The van der Waals surface area contributed by atoms with Crippen LogP contribution in [0.3, 0.4) is 0 Å². The van der Waals surface area contributed by atoms with Crippen molar-refractivity contribution in [2.45, 2.75) is 52.2 Å². The van der Waals surface area contributed by atoms with Gasteiger partial charge in [-0.15, -0.1) is 0 Å². The third-order valence-corrected chi connectivity index (χ3v) is 10.3. The molecule has 28 heavy (non-hydrogen) atoms. The Balaban J connectivity index is 2.74. The van der Waals surface area contributed by atoms with E-state index in [0.29, 0.717) is 0 Å². The third-order valence-electron chi connectivity index (χ3n) is 4.71. The summed E-state index contributed by atoms with van der Waals surface area (Å²) >= 11 is 0. The topological polar surface area (TPSA) is 83.9 Å². The van der Waals surface area contributed by atoms with Gasteiger partial charge in [0, 0.05) is 0 Å². The summed E-state index contributed by atoms with van der Waals surface area (Å²) in [6.07, 6.45) is -0.103. The number of hydrogen-bond donors (Lipinski definition) is 1. The number of hydrogen-bond acceptors (Lipinski definition) is 5. The summed E-state index contributed by atoms with van der Waals surface area (Å²) in [7, 11) is -9.59. The standard InChI is InChI=1S/C17H25F3NO5PS/c1-15(2,3)14(22)21-10-27(23,16(4,5)6)13-11(21)8-7-9-12(13)26-28(24,25)17(18,19)20/h7-9,23,27H,10H2,1-6H3. The Labute approximate surface area is 163 Å². The van der Waals surface area contributed by atoms with Crippen LogP contribution in [0.2, 0.25) is 0 Å². The normalized spacial score (nSPS) is 18.6. The number of benzene rings is 1. The number of amides is 1. The van der Waals surface area contributed by atoms with Crippen LogP contribution in [0.15, 0.2) is 18.2 Å². The Morgan fingerprint density at radius 3 is 2.11 bits per heavy atom. The SMILES string of the molecule is CC(C)(C)C(=O)N1C[PH](O)(C(C)(C)C)c2c(OS(=O)(=O)C(F)(F)F)cccc21. The number of fused-ring (bicyclic) bond motifs is 1. The van der Waals surface area contributed by atoms with E-state index in [1.54, 1.807) is 41.5 Å². The summed E-state index contributed by atoms with van der Waals surface area (Å²) in [5.41, 5.74) is -6.25. The number of halogens is 3. The number of carbonyl (C=O) groups excluding carboxylic acids is 1. The molecule has 11 heteroatoms. The van der Waals surface area contributed by atoms with Crippen LogP contribution in [0.25, 0.3) is 0 Å². The predicted molar refractivity (Wildman–Crippen MR) is 104 cm³/mol. The molecule has 1 aromatic rings. The first-order valence-electron chi connectivity index (χ1n) is 8.51. The molecule has 1 aromatic carbocycles. The van der Waals surface area contributed by atoms with Crippen molar-refractivity contribution >= 4 is 34.5 Å². The molecule has 0 fully saturated rings. The summed E-state index contributed by atoms with van der Waals surface area (Å²) in [5, 5.41) is -0.830. The Kier molecular flexibility index (Phi) is 5.37. The maximum absolute atomic E-state index is 12.9. The van der Waals surface area contributed by atoms with Crippen molar-refractivity contribution in [2.24, 2.45) is 5.41 Å². The maximum atomic E-state index is 12.9. The average Bonchev–Trinajstić information content (AvgIpc) is 2.79. The van der Waals surface area contributed by atoms with E-state index in [9.17, 15) is 31.3 Å². The van der Waals surface area contributed by atoms with E-state index in [0.717, 1.165) is 6.07 Å². The first-order chi connectivity index (χ1) is 12.3. The Hall–Kier alpha value is -1.38. The van der Waals surface area contributed by atoms with E-state index in [-0.39, 0.29) is 23.2 Å². The summed E-state index contributed by atoms with van der Waals surface area (Å²) in [5.74, 6) is -0.930. The van der Waals surface area contributed by atoms with E-state index in [1.165, 1.54) is 17.0 Å². The molecule has 2 rings (SSSR count). The van der Waals surface area contributed by atoms with Gasteiger partial charge in [0.2, 0.25) is 0 Å². The van der Waals surface area contributed by atoms with Crippen molar-refractivity contribution in [2.75, 3.05) is 11.2 Å². The van der Waals surface area contributed by atoms with Crippen molar-refractivity contribution in [1.82, 2.24) is 0 Å². The van der Waals surface area contributed by atoms with Gasteiger partial charge in [-0.05, 0) is 0 Å². The quantitative estimate of drug-likeness (QED) is 0.431. The molecule has 0 unspecified atom stereocenters. The van der Waals surface area contributed by atoms with Crippen LogP contribution in [-0.4, -0.2) is 36.2 Å². The van der Waals surface area contributed by atoms with Gasteiger partial charge < -0.3 is 0 Å². The first-order valence-corrected chi connectivity index (χ1v) is 12.1. The molecule has 0 bridgehead atoms. The Bertz CT molecular complexity index is 903. The summed E-state index contributed by atoms with van der Waals surface area (Å²) < 4.78 is 66.0. The van der Waals surface area contributed by atoms with E-state index < -0.39 is 39.4 Å². The fourth-order valence-electron chi connectivity index (χ4n) is 2.99. The molecule has 160 valence electrons. The van der Waals surface area contributed by atoms with Crippen LogP contribution < -0.4 is 14.4 Å². The van der Waals surface area contributed by atoms with Gasteiger partial charge in [-0.3, -0.25) is 0 Å². The molecule has 1 amide bonds. The number of carbonyl (C=O) groups is 1. The average molecular weight is 443 g/mol. The van der Waals surface area contributed by atoms with E-state index in [1.807, 2.05) is 0 Å². The molecule has 6 nitrogen and oxygen atoms in total. The molecule has 0 spiro atoms. The van der Waals surface area contributed by atoms with Crippen LogP contribution in [0.5, 0.6) is 5.75 Å². The molecule has 0 aromatic heterocycles. The van der Waals surface area contributed by atoms with Gasteiger partial charge in [-0.1, -0.05) is 0 Å². The van der Waals surface area contributed by atoms with Gasteiger partial charge >= 0.3 is 163 Å². The molecule has 1 aliphatic rings. The fourth-order valence-corrected chi connectivity index (χ4v) is 6.87. The van der Waals surface area contributed by atoms with Crippen molar-refractivity contribution in [3.8, 4) is 5.75 Å². The van der Waals surface area contributed by atoms with Crippen molar-refractivity contribution in [3.63, 3.8) is 0 Å². The molecule has 0 saturated heterocycles. The number of rotatable bonds is 2. The van der Waals surface area contributed by atoms with Crippen LogP contribution in [0.1, 0.15) is 41.5 Å². The molecule has 0 saturated carbocycles. The molecule has 0 atom stereocenters.